The van der Waals surface area contributed by atoms with Crippen molar-refractivity contribution in [3.8, 4) is 0 Å². The van der Waals surface area contributed by atoms with Gasteiger partial charge in [-0.1, -0.05) is 40.7 Å². The van der Waals surface area contributed by atoms with Crippen LogP contribution in [-0.4, -0.2) is 38.7 Å². The summed E-state index contributed by atoms with van der Waals surface area (Å²) in [4.78, 5) is 12.1. The summed E-state index contributed by atoms with van der Waals surface area (Å²) in [5.74, 6) is 0.0454. The van der Waals surface area contributed by atoms with Crippen LogP contribution < -0.4 is 15.4 Å². The first-order chi connectivity index (χ1) is 10.2. The van der Waals surface area contributed by atoms with Gasteiger partial charge in [-0.3, -0.25) is 4.79 Å². The molecular weight excluding hydrogens is 302 g/mol. The summed E-state index contributed by atoms with van der Waals surface area (Å²) >= 11 is 0. The van der Waals surface area contributed by atoms with Crippen LogP contribution in [0, 0.1) is 5.92 Å². The lowest BCUT2D eigenvalue weighted by atomic mass is 9.96. The maximum Gasteiger partial charge on any atom is 0.229 e. The van der Waals surface area contributed by atoms with Gasteiger partial charge in [0.25, 0.3) is 0 Å². The lowest BCUT2D eigenvalue weighted by Crippen LogP contribution is -2.42. The topological polar surface area (TPSA) is 87.3 Å². The average Bonchev–Trinajstić information content (AvgIpc) is 2.42. The molecule has 0 aliphatic carbocycles. The van der Waals surface area contributed by atoms with E-state index in [1.807, 2.05) is 27.7 Å². The first kappa shape index (κ1) is 21.1. The molecule has 0 aromatic carbocycles. The number of hydrogen-bond donors (Lipinski definition) is 3. The van der Waals surface area contributed by atoms with Crippen LogP contribution in [0.25, 0.3) is 0 Å². The largest absolute Gasteiger partial charge is 0.377 e. The van der Waals surface area contributed by atoms with Gasteiger partial charge in [-0.2, -0.15) is 0 Å². The summed E-state index contributed by atoms with van der Waals surface area (Å²) in [6, 6.07) is 0.0928. The lowest BCUT2D eigenvalue weighted by molar-refractivity contribution is -0.124. The first-order valence-electron chi connectivity index (χ1n) is 7.81. The van der Waals surface area contributed by atoms with Crippen LogP contribution in [0.15, 0.2) is 12.8 Å². The predicted molar refractivity (Wildman–Crippen MR) is 90.9 cm³/mol. The second-order valence-electron chi connectivity index (χ2n) is 5.99. The van der Waals surface area contributed by atoms with E-state index in [4.69, 9.17) is 0 Å². The van der Waals surface area contributed by atoms with E-state index in [1.54, 1.807) is 0 Å². The molecule has 0 radical (unpaired) electrons. The third kappa shape index (κ3) is 9.92. The Labute approximate surface area is 135 Å². The van der Waals surface area contributed by atoms with Crippen molar-refractivity contribution in [1.82, 2.24) is 15.4 Å². The van der Waals surface area contributed by atoms with Crippen molar-refractivity contribution >= 4 is 15.8 Å². The lowest BCUT2D eigenvalue weighted by Gasteiger charge is -2.22. The molecule has 0 fully saturated rings. The van der Waals surface area contributed by atoms with Gasteiger partial charge < -0.3 is 10.6 Å². The molecule has 0 aliphatic rings. The Morgan fingerprint density at radius 1 is 1.18 bits per heavy atom. The molecule has 0 amide bonds. The van der Waals surface area contributed by atoms with Crippen LogP contribution in [0.4, 0.5) is 0 Å². The molecule has 0 saturated heterocycles. The van der Waals surface area contributed by atoms with Crippen molar-refractivity contribution < 1.29 is 13.2 Å². The Kier molecular flexibility index (Phi) is 10.3. The van der Waals surface area contributed by atoms with Crippen molar-refractivity contribution in [3.05, 3.63) is 12.8 Å². The van der Waals surface area contributed by atoms with Gasteiger partial charge in [-0.05, 0) is 19.0 Å². The van der Waals surface area contributed by atoms with Crippen LogP contribution in [0.2, 0.25) is 0 Å². The molecule has 0 rings (SSSR count). The van der Waals surface area contributed by atoms with Crippen molar-refractivity contribution in [2.45, 2.75) is 59.0 Å². The Hall–Kier alpha value is -0.920. The molecule has 0 aromatic rings. The molecule has 0 aromatic heterocycles. The van der Waals surface area contributed by atoms with Gasteiger partial charge in [0.05, 0.1) is 6.04 Å². The predicted octanol–water partition coefficient (Wildman–Crippen LogP) is 1.36. The number of ketones is 1. The number of sulfonamides is 1. The molecule has 0 saturated carbocycles. The van der Waals surface area contributed by atoms with Crippen LogP contribution in [-0.2, 0) is 14.8 Å². The summed E-state index contributed by atoms with van der Waals surface area (Å²) in [7, 11) is -3.31. The number of Topliss-reactive ketones (excluding diaryl/α,β-unsaturated/α-hetero) is 1. The standard InChI is InChI=1S/C15H31N3O3S/c1-6-16-11-22(20,21)17-10-8-7-9-14(18-13(4)5)15(19)12(2)3/h6,12-14,16-18H,1,7-11H2,2-5H3/t14-/m0/s1. The molecule has 130 valence electrons. The van der Waals surface area contributed by atoms with E-state index in [0.717, 1.165) is 12.8 Å². The number of carbonyl (C=O) groups is 1. The van der Waals surface area contributed by atoms with Crippen LogP contribution in [0.5, 0.6) is 0 Å². The van der Waals surface area contributed by atoms with E-state index in [2.05, 4.69) is 21.9 Å². The summed E-state index contributed by atoms with van der Waals surface area (Å²) in [5, 5.41) is 5.84. The molecule has 7 heteroatoms. The number of unbranched alkanes of at least 4 members (excludes halogenated alkanes) is 1. The molecule has 1 atom stereocenters. The highest BCUT2D eigenvalue weighted by atomic mass is 32.2. The van der Waals surface area contributed by atoms with Gasteiger partial charge >= 0.3 is 0 Å². The molecule has 6 nitrogen and oxygen atoms in total. The van der Waals surface area contributed by atoms with Gasteiger partial charge in [-0.15, -0.1) is 0 Å². The van der Waals surface area contributed by atoms with Gasteiger partial charge in [-0.25, -0.2) is 13.1 Å². The van der Waals surface area contributed by atoms with E-state index in [-0.39, 0.29) is 29.7 Å². The zero-order valence-electron chi connectivity index (χ0n) is 14.2. The van der Waals surface area contributed by atoms with Crippen molar-refractivity contribution in [2.75, 3.05) is 12.4 Å². The highest BCUT2D eigenvalue weighted by molar-refractivity contribution is 7.89. The second-order valence-corrected chi connectivity index (χ2v) is 7.80. The Balaban J connectivity index is 4.13. The number of rotatable bonds is 13. The summed E-state index contributed by atoms with van der Waals surface area (Å²) in [6.45, 7) is 11.6. The minimum Gasteiger partial charge on any atom is -0.377 e. The first-order valence-corrected chi connectivity index (χ1v) is 9.46. The fourth-order valence-electron chi connectivity index (χ4n) is 2.03. The van der Waals surface area contributed by atoms with Crippen LogP contribution in [0.1, 0.15) is 47.0 Å². The highest BCUT2D eigenvalue weighted by Gasteiger charge is 2.21. The smallest absolute Gasteiger partial charge is 0.229 e. The Morgan fingerprint density at radius 2 is 1.82 bits per heavy atom. The minimum atomic E-state index is -3.31. The van der Waals surface area contributed by atoms with E-state index >= 15 is 0 Å². The molecule has 3 N–H and O–H groups in total. The normalized spacial score (nSPS) is 13.4. The molecule has 0 bridgehead atoms. The number of hydrogen-bond acceptors (Lipinski definition) is 5. The van der Waals surface area contributed by atoms with Gasteiger partial charge in [0.1, 0.15) is 5.88 Å². The second kappa shape index (κ2) is 10.7. The summed E-state index contributed by atoms with van der Waals surface area (Å²) in [5.41, 5.74) is 0. The molecule has 0 aliphatic heterocycles. The van der Waals surface area contributed by atoms with Crippen LogP contribution >= 0.6 is 0 Å². The van der Waals surface area contributed by atoms with Crippen molar-refractivity contribution in [1.29, 1.82) is 0 Å². The molecule has 22 heavy (non-hydrogen) atoms. The SMILES string of the molecule is C=CNCS(=O)(=O)NCCCC[C@H](NC(C)C)C(=O)C(C)C. The maximum absolute atomic E-state index is 12.1. The van der Waals surface area contributed by atoms with E-state index in [0.29, 0.717) is 13.0 Å². The zero-order chi connectivity index (χ0) is 17.2. The van der Waals surface area contributed by atoms with Crippen molar-refractivity contribution in [3.63, 3.8) is 0 Å². The number of nitrogens with one attached hydrogen (secondary N) is 3. The third-order valence-corrected chi connectivity index (χ3v) is 4.30. The van der Waals surface area contributed by atoms with E-state index < -0.39 is 10.0 Å². The average molecular weight is 333 g/mol. The maximum atomic E-state index is 12.1. The third-order valence-electron chi connectivity index (χ3n) is 3.11. The van der Waals surface area contributed by atoms with Gasteiger partial charge in [0, 0.05) is 18.5 Å². The molecular formula is C15H31N3O3S. The minimum absolute atomic E-state index is 0.000250. The fraction of sp³-hybridized carbons (Fsp3) is 0.800. The summed E-state index contributed by atoms with van der Waals surface area (Å²) < 4.78 is 25.6. The molecule has 0 spiro atoms. The highest BCUT2D eigenvalue weighted by Crippen LogP contribution is 2.08. The van der Waals surface area contributed by atoms with E-state index in [9.17, 15) is 13.2 Å². The Morgan fingerprint density at radius 3 is 2.32 bits per heavy atom. The monoisotopic (exact) mass is 333 g/mol. The molecule has 0 heterocycles. The van der Waals surface area contributed by atoms with Crippen LogP contribution in [0.3, 0.4) is 0 Å². The number of carbonyl (C=O) groups excluding carboxylic acids is 1. The Bertz CT molecular complexity index is 433. The van der Waals surface area contributed by atoms with Crippen molar-refractivity contribution in [2.24, 2.45) is 5.92 Å². The quantitative estimate of drug-likeness (QED) is 0.443. The molecule has 0 unspecified atom stereocenters. The zero-order valence-corrected chi connectivity index (χ0v) is 15.0. The summed E-state index contributed by atoms with van der Waals surface area (Å²) in [6.07, 6.45) is 3.57. The van der Waals surface area contributed by atoms with Gasteiger partial charge in [0.2, 0.25) is 10.0 Å². The fourth-order valence-corrected chi connectivity index (χ4v) is 2.93. The van der Waals surface area contributed by atoms with E-state index in [1.165, 1.54) is 6.20 Å². The van der Waals surface area contributed by atoms with Gasteiger partial charge in [0.15, 0.2) is 5.78 Å².